The summed E-state index contributed by atoms with van der Waals surface area (Å²) in [6.45, 7) is 0. The van der Waals surface area contributed by atoms with Gasteiger partial charge in [-0.3, -0.25) is 9.59 Å². The minimum absolute atomic E-state index is 0.0561. The number of amides is 1. The smallest absolute Gasteiger partial charge is 0.242 e. The third-order valence-corrected chi connectivity index (χ3v) is 4.95. The quantitative estimate of drug-likeness (QED) is 0.887. The van der Waals surface area contributed by atoms with E-state index in [9.17, 15) is 14.7 Å². The second-order valence-electron chi connectivity index (χ2n) is 6.72. The van der Waals surface area contributed by atoms with E-state index < -0.39 is 0 Å². The van der Waals surface area contributed by atoms with Gasteiger partial charge in [0.05, 0.1) is 14.2 Å². The highest BCUT2D eigenvalue weighted by Crippen LogP contribution is 2.46. The molecule has 1 atom stereocenters. The number of rotatable bonds is 4. The van der Waals surface area contributed by atoms with Crippen molar-refractivity contribution in [1.82, 2.24) is 10.0 Å². The molecule has 7 heteroatoms. The van der Waals surface area contributed by atoms with Gasteiger partial charge in [0.25, 0.3) is 0 Å². The van der Waals surface area contributed by atoms with E-state index in [-0.39, 0.29) is 41.3 Å². The minimum Gasteiger partial charge on any atom is -0.502 e. The van der Waals surface area contributed by atoms with Crippen molar-refractivity contribution >= 4 is 11.7 Å². The van der Waals surface area contributed by atoms with Crippen LogP contribution in [0, 0.1) is 0 Å². The molecule has 1 aromatic rings. The van der Waals surface area contributed by atoms with Crippen LogP contribution < -0.4 is 9.47 Å². The Labute approximate surface area is 152 Å². The predicted octanol–water partition coefficient (Wildman–Crippen LogP) is 2.21. The summed E-state index contributed by atoms with van der Waals surface area (Å²) >= 11 is 0. The molecule has 0 aromatic heterocycles. The Hall–Kier alpha value is -2.54. The molecule has 0 fully saturated rings. The van der Waals surface area contributed by atoms with Gasteiger partial charge in [-0.15, -0.1) is 0 Å². The van der Waals surface area contributed by atoms with Gasteiger partial charge in [-0.1, -0.05) is 0 Å². The number of benzene rings is 1. The zero-order valence-electron chi connectivity index (χ0n) is 15.5. The molecule has 0 spiro atoms. The zero-order valence-corrected chi connectivity index (χ0v) is 15.5. The van der Waals surface area contributed by atoms with Gasteiger partial charge in [0.1, 0.15) is 0 Å². The van der Waals surface area contributed by atoms with Gasteiger partial charge in [-0.25, -0.2) is 10.0 Å². The van der Waals surface area contributed by atoms with Crippen molar-refractivity contribution in [3.05, 3.63) is 29.0 Å². The molecule has 0 saturated carbocycles. The summed E-state index contributed by atoms with van der Waals surface area (Å²) in [7, 11) is 6.51. The summed E-state index contributed by atoms with van der Waals surface area (Å²) in [6, 6.07) is 3.35. The monoisotopic (exact) mass is 360 g/mol. The average molecular weight is 360 g/mol. The number of carbonyl (C=O) groups is 2. The highest BCUT2D eigenvalue weighted by Gasteiger charge is 2.40. The van der Waals surface area contributed by atoms with Crippen LogP contribution in [0.2, 0.25) is 0 Å². The summed E-state index contributed by atoms with van der Waals surface area (Å²) in [5.74, 6) is 0.0606. The molecule has 0 bridgehead atoms. The molecule has 1 aliphatic carbocycles. The van der Waals surface area contributed by atoms with Gasteiger partial charge in [-0.05, 0) is 30.5 Å². The van der Waals surface area contributed by atoms with Gasteiger partial charge in [0.2, 0.25) is 11.7 Å². The Balaban J connectivity index is 2.17. The molecule has 1 aromatic carbocycles. The molecule has 1 heterocycles. The Bertz CT molecular complexity index is 759. The number of allylic oxidation sites excluding steroid dienone is 2. The van der Waals surface area contributed by atoms with Crippen molar-refractivity contribution in [2.45, 2.75) is 31.6 Å². The molecule has 3 rings (SSSR count). The Morgan fingerprint density at radius 3 is 2.27 bits per heavy atom. The van der Waals surface area contributed by atoms with Crippen LogP contribution in [0.3, 0.4) is 0 Å². The van der Waals surface area contributed by atoms with E-state index in [4.69, 9.17) is 9.47 Å². The number of phenolic OH excluding ortho intramolecular Hbond substituents is 1. The van der Waals surface area contributed by atoms with E-state index in [1.807, 2.05) is 0 Å². The van der Waals surface area contributed by atoms with Gasteiger partial charge in [0.15, 0.2) is 17.3 Å². The van der Waals surface area contributed by atoms with Crippen LogP contribution >= 0.6 is 0 Å². The second kappa shape index (κ2) is 6.99. The second-order valence-corrected chi connectivity index (χ2v) is 6.72. The molecule has 1 aliphatic heterocycles. The molecule has 140 valence electrons. The number of Topliss-reactive ketones (excluding diaryl/α,β-unsaturated/α-hetero) is 1. The largest absolute Gasteiger partial charge is 0.502 e. The summed E-state index contributed by atoms with van der Waals surface area (Å²) < 4.78 is 10.5. The van der Waals surface area contributed by atoms with Crippen molar-refractivity contribution in [3.8, 4) is 17.2 Å². The third-order valence-electron chi connectivity index (χ3n) is 4.95. The number of ether oxygens (including phenoxy) is 2. The lowest BCUT2D eigenvalue weighted by Gasteiger charge is -2.41. The number of hydrazine groups is 1. The first-order chi connectivity index (χ1) is 12.4. The first kappa shape index (κ1) is 18.3. The number of aromatic hydroxyl groups is 1. The van der Waals surface area contributed by atoms with Crippen molar-refractivity contribution in [2.75, 3.05) is 28.3 Å². The van der Waals surface area contributed by atoms with E-state index in [0.717, 1.165) is 17.7 Å². The fraction of sp³-hybridized carbons (Fsp3) is 0.474. The van der Waals surface area contributed by atoms with Crippen LogP contribution in [-0.2, 0) is 9.59 Å². The number of carbonyl (C=O) groups excluding carboxylic acids is 2. The standard InChI is InChI=1S/C19H24N2O5/c1-20(2)21-13-6-5-7-14(22)18(13)12(10-17(21)23)11-8-15(25-3)19(24)16(9-11)26-4/h8-9,12,24H,5-7,10H2,1-4H3. The molecule has 7 nitrogen and oxygen atoms in total. The fourth-order valence-corrected chi connectivity index (χ4v) is 3.84. The summed E-state index contributed by atoms with van der Waals surface area (Å²) in [5, 5.41) is 13.5. The van der Waals surface area contributed by atoms with E-state index in [1.165, 1.54) is 14.2 Å². The highest BCUT2D eigenvalue weighted by atomic mass is 16.5. The normalized spacial score (nSPS) is 20.5. The summed E-state index contributed by atoms with van der Waals surface area (Å²) in [5.41, 5.74) is 2.18. The molecule has 1 amide bonds. The van der Waals surface area contributed by atoms with Crippen molar-refractivity contribution < 1.29 is 24.2 Å². The molecule has 2 aliphatic rings. The van der Waals surface area contributed by atoms with Crippen LogP contribution in [0.5, 0.6) is 17.2 Å². The van der Waals surface area contributed by atoms with Crippen LogP contribution in [0.25, 0.3) is 0 Å². The number of ketones is 1. The predicted molar refractivity (Wildman–Crippen MR) is 95.0 cm³/mol. The fourth-order valence-electron chi connectivity index (χ4n) is 3.84. The van der Waals surface area contributed by atoms with Crippen molar-refractivity contribution in [3.63, 3.8) is 0 Å². The topological polar surface area (TPSA) is 79.3 Å². The summed E-state index contributed by atoms with van der Waals surface area (Å²) in [6.07, 6.45) is 2.09. The molecular formula is C19H24N2O5. The number of hydrogen-bond acceptors (Lipinski definition) is 6. The average Bonchev–Trinajstić information content (AvgIpc) is 2.61. The number of phenols is 1. The van der Waals surface area contributed by atoms with E-state index in [1.54, 1.807) is 36.2 Å². The van der Waals surface area contributed by atoms with Gasteiger partial charge >= 0.3 is 0 Å². The van der Waals surface area contributed by atoms with Gasteiger partial charge in [0, 0.05) is 44.1 Å². The third kappa shape index (κ3) is 2.92. The number of hydrogen-bond donors (Lipinski definition) is 1. The first-order valence-electron chi connectivity index (χ1n) is 8.60. The van der Waals surface area contributed by atoms with Crippen molar-refractivity contribution in [1.29, 1.82) is 0 Å². The van der Waals surface area contributed by atoms with E-state index in [0.29, 0.717) is 18.4 Å². The lowest BCUT2D eigenvalue weighted by molar-refractivity contribution is -0.143. The van der Waals surface area contributed by atoms with E-state index in [2.05, 4.69) is 0 Å². The van der Waals surface area contributed by atoms with E-state index >= 15 is 0 Å². The van der Waals surface area contributed by atoms with Gasteiger partial charge < -0.3 is 14.6 Å². The van der Waals surface area contributed by atoms with Crippen LogP contribution in [0.1, 0.15) is 37.2 Å². The lowest BCUT2D eigenvalue weighted by atomic mass is 9.77. The van der Waals surface area contributed by atoms with Crippen molar-refractivity contribution in [2.24, 2.45) is 0 Å². The van der Waals surface area contributed by atoms with Crippen LogP contribution in [-0.4, -0.2) is 55.1 Å². The van der Waals surface area contributed by atoms with Crippen LogP contribution in [0.4, 0.5) is 0 Å². The molecule has 0 radical (unpaired) electrons. The maximum atomic E-state index is 12.8. The summed E-state index contributed by atoms with van der Waals surface area (Å²) in [4.78, 5) is 25.5. The number of methoxy groups -OCH3 is 2. The molecule has 1 unspecified atom stereocenters. The molecular weight excluding hydrogens is 336 g/mol. The molecule has 0 saturated heterocycles. The Kier molecular flexibility index (Phi) is 4.91. The zero-order chi connectivity index (χ0) is 19.0. The Morgan fingerprint density at radius 1 is 1.12 bits per heavy atom. The SMILES string of the molecule is COc1cc(C2CC(=O)N(N(C)C)C3=C2C(=O)CCC3)cc(OC)c1O. The number of nitrogens with zero attached hydrogens (tertiary/aromatic N) is 2. The minimum atomic E-state index is -0.370. The van der Waals surface area contributed by atoms with Gasteiger partial charge in [-0.2, -0.15) is 0 Å². The first-order valence-corrected chi connectivity index (χ1v) is 8.60. The molecule has 1 N–H and O–H groups in total. The highest BCUT2D eigenvalue weighted by molar-refractivity contribution is 6.01. The Morgan fingerprint density at radius 2 is 1.73 bits per heavy atom. The van der Waals surface area contributed by atoms with Crippen LogP contribution in [0.15, 0.2) is 23.4 Å². The maximum absolute atomic E-state index is 12.8. The molecule has 26 heavy (non-hydrogen) atoms. The lowest BCUT2D eigenvalue weighted by Crippen LogP contribution is -2.47. The maximum Gasteiger partial charge on any atom is 0.242 e.